The minimum Gasteiger partial charge on any atom is -0.497 e. The van der Waals surface area contributed by atoms with Crippen LogP contribution < -0.4 is 10.1 Å². The molecule has 2 saturated heterocycles. The Morgan fingerprint density at radius 3 is 2.28 bits per heavy atom. The van der Waals surface area contributed by atoms with E-state index in [-0.39, 0.29) is 17.9 Å². The van der Waals surface area contributed by atoms with Gasteiger partial charge in [0.15, 0.2) is 0 Å². The van der Waals surface area contributed by atoms with Gasteiger partial charge in [0.2, 0.25) is 15.9 Å². The van der Waals surface area contributed by atoms with Crippen LogP contribution in [0.3, 0.4) is 0 Å². The van der Waals surface area contributed by atoms with Gasteiger partial charge in [0, 0.05) is 25.6 Å². The van der Waals surface area contributed by atoms with E-state index in [0.29, 0.717) is 32.5 Å². The lowest BCUT2D eigenvalue weighted by atomic mass is 9.96. The summed E-state index contributed by atoms with van der Waals surface area (Å²) >= 11 is 0. The van der Waals surface area contributed by atoms with E-state index in [2.05, 4.69) is 22.3 Å². The minimum atomic E-state index is -3.17. The van der Waals surface area contributed by atoms with Crippen LogP contribution in [0.5, 0.6) is 5.75 Å². The Kier molecular flexibility index (Phi) is 7.54. The third-order valence-corrected chi connectivity index (χ3v) is 7.40. The van der Waals surface area contributed by atoms with Crippen LogP contribution in [0.1, 0.15) is 43.7 Å². The van der Waals surface area contributed by atoms with E-state index in [1.54, 1.807) is 7.11 Å². The van der Waals surface area contributed by atoms with Crippen LogP contribution in [-0.2, 0) is 14.8 Å². The largest absolute Gasteiger partial charge is 0.497 e. The second-order valence-corrected chi connectivity index (χ2v) is 10.0. The molecule has 2 heterocycles. The summed E-state index contributed by atoms with van der Waals surface area (Å²) in [4.78, 5) is 15.2. The quantitative estimate of drug-likeness (QED) is 0.726. The van der Waals surface area contributed by atoms with Crippen molar-refractivity contribution in [2.75, 3.05) is 46.1 Å². The molecule has 1 unspecified atom stereocenters. The Hall–Kier alpha value is -1.64. The van der Waals surface area contributed by atoms with Gasteiger partial charge >= 0.3 is 0 Å². The molecule has 1 N–H and O–H groups in total. The number of benzene rings is 1. The molecule has 7 nitrogen and oxygen atoms in total. The summed E-state index contributed by atoms with van der Waals surface area (Å²) in [5.74, 6) is 0.743. The third-order valence-electron chi connectivity index (χ3n) is 6.10. The number of hydrogen-bond acceptors (Lipinski definition) is 5. The number of carbonyl (C=O) groups is 1. The van der Waals surface area contributed by atoms with Crippen molar-refractivity contribution in [3.63, 3.8) is 0 Å². The number of piperidine rings is 2. The number of methoxy groups -OCH3 is 1. The van der Waals surface area contributed by atoms with E-state index in [1.165, 1.54) is 35.4 Å². The molecule has 2 fully saturated rings. The maximum atomic E-state index is 12.8. The van der Waals surface area contributed by atoms with Crippen LogP contribution in [0.15, 0.2) is 24.3 Å². The molecule has 1 aromatic carbocycles. The smallest absolute Gasteiger partial charge is 0.223 e. The van der Waals surface area contributed by atoms with Gasteiger partial charge in [0.25, 0.3) is 0 Å². The van der Waals surface area contributed by atoms with Gasteiger partial charge in [0.05, 0.1) is 19.4 Å². The molecule has 0 bridgehead atoms. The predicted octanol–water partition coefficient (Wildman–Crippen LogP) is 2.01. The molecule has 2 aliphatic heterocycles. The summed E-state index contributed by atoms with van der Waals surface area (Å²) in [5, 5.41) is 3.15. The average molecular weight is 424 g/mol. The molecule has 8 heteroatoms. The van der Waals surface area contributed by atoms with E-state index >= 15 is 0 Å². The van der Waals surface area contributed by atoms with Crippen molar-refractivity contribution in [2.24, 2.45) is 5.92 Å². The van der Waals surface area contributed by atoms with Gasteiger partial charge in [-0.25, -0.2) is 12.7 Å². The minimum absolute atomic E-state index is 0.0358. The molecule has 29 heavy (non-hydrogen) atoms. The fourth-order valence-corrected chi connectivity index (χ4v) is 5.18. The highest BCUT2D eigenvalue weighted by atomic mass is 32.2. The monoisotopic (exact) mass is 423 g/mol. The molecule has 162 valence electrons. The maximum absolute atomic E-state index is 12.8. The van der Waals surface area contributed by atoms with Crippen molar-refractivity contribution >= 4 is 15.9 Å². The van der Waals surface area contributed by atoms with E-state index < -0.39 is 10.0 Å². The van der Waals surface area contributed by atoms with Gasteiger partial charge in [-0.3, -0.25) is 9.69 Å². The third kappa shape index (κ3) is 5.93. The highest BCUT2D eigenvalue weighted by molar-refractivity contribution is 7.88. The number of rotatable bonds is 7. The number of likely N-dealkylation sites (tertiary alicyclic amines) is 1. The number of amides is 1. The number of sulfonamides is 1. The first-order valence-electron chi connectivity index (χ1n) is 10.5. The fraction of sp³-hybridized carbons (Fsp3) is 0.667. The second-order valence-electron chi connectivity index (χ2n) is 8.07. The topological polar surface area (TPSA) is 79.0 Å². The van der Waals surface area contributed by atoms with Gasteiger partial charge in [-0.2, -0.15) is 0 Å². The number of carbonyl (C=O) groups excluding carboxylic acids is 1. The van der Waals surface area contributed by atoms with Gasteiger partial charge in [-0.1, -0.05) is 18.6 Å². The molecular formula is C21H33N3O4S. The van der Waals surface area contributed by atoms with Gasteiger partial charge in [-0.05, 0) is 56.5 Å². The molecule has 1 amide bonds. The zero-order chi connectivity index (χ0) is 20.9. The maximum Gasteiger partial charge on any atom is 0.223 e. The standard InChI is InChI=1S/C21H33N3O4S/c1-28-19-8-6-17(7-9-19)20(23-12-4-3-5-13-23)16-22-21(25)18-10-14-24(15-11-18)29(2,26)27/h6-9,18,20H,3-5,10-16H2,1-2H3,(H,22,25). The first-order valence-corrected chi connectivity index (χ1v) is 12.3. The van der Waals surface area contributed by atoms with Gasteiger partial charge in [0.1, 0.15) is 5.75 Å². The molecule has 0 aliphatic carbocycles. The van der Waals surface area contributed by atoms with Gasteiger partial charge in [-0.15, -0.1) is 0 Å². The molecule has 0 spiro atoms. The molecule has 0 saturated carbocycles. The molecule has 1 aromatic rings. The number of ether oxygens (including phenoxy) is 1. The lowest BCUT2D eigenvalue weighted by Gasteiger charge is -2.36. The molecular weight excluding hydrogens is 390 g/mol. The Labute approximate surface area is 174 Å². The van der Waals surface area contributed by atoms with Crippen molar-refractivity contribution in [1.29, 1.82) is 0 Å². The summed E-state index contributed by atoms with van der Waals surface area (Å²) in [6.07, 6.45) is 6.02. The van der Waals surface area contributed by atoms with Crippen molar-refractivity contribution < 1.29 is 17.9 Å². The second kappa shape index (κ2) is 9.91. The van der Waals surface area contributed by atoms with E-state index in [4.69, 9.17) is 4.74 Å². The molecule has 0 aromatic heterocycles. The van der Waals surface area contributed by atoms with Crippen LogP contribution in [0.2, 0.25) is 0 Å². The van der Waals surface area contributed by atoms with E-state index in [1.807, 2.05) is 12.1 Å². The Balaban J connectivity index is 1.61. The average Bonchev–Trinajstić information content (AvgIpc) is 2.74. The summed E-state index contributed by atoms with van der Waals surface area (Å²) in [7, 11) is -1.51. The highest BCUT2D eigenvalue weighted by Gasteiger charge is 2.30. The first-order chi connectivity index (χ1) is 13.9. The molecule has 2 aliphatic rings. The lowest BCUT2D eigenvalue weighted by molar-refractivity contribution is -0.126. The molecule has 3 rings (SSSR count). The number of nitrogens with zero attached hydrogens (tertiary/aromatic N) is 2. The molecule has 1 atom stereocenters. The summed E-state index contributed by atoms with van der Waals surface area (Å²) in [6.45, 7) is 3.49. The SMILES string of the molecule is COc1ccc(C(CNC(=O)C2CCN(S(C)(=O)=O)CC2)N2CCCCC2)cc1. The van der Waals surface area contributed by atoms with E-state index in [9.17, 15) is 13.2 Å². The van der Waals surface area contributed by atoms with Crippen molar-refractivity contribution in [1.82, 2.24) is 14.5 Å². The first kappa shape index (κ1) is 22.1. The summed E-state index contributed by atoms with van der Waals surface area (Å²) < 4.78 is 30.1. The molecule has 0 radical (unpaired) electrons. The Morgan fingerprint density at radius 2 is 1.72 bits per heavy atom. The predicted molar refractivity (Wildman–Crippen MR) is 113 cm³/mol. The Morgan fingerprint density at radius 1 is 1.10 bits per heavy atom. The summed E-state index contributed by atoms with van der Waals surface area (Å²) in [6, 6.07) is 8.23. The lowest BCUT2D eigenvalue weighted by Crippen LogP contribution is -2.45. The zero-order valence-corrected chi connectivity index (χ0v) is 18.3. The summed E-state index contributed by atoms with van der Waals surface area (Å²) in [5.41, 5.74) is 1.18. The number of nitrogens with one attached hydrogen (secondary N) is 1. The normalized spacial score (nSPS) is 20.9. The fourth-order valence-electron chi connectivity index (χ4n) is 4.31. The highest BCUT2D eigenvalue weighted by Crippen LogP contribution is 2.26. The zero-order valence-electron chi connectivity index (χ0n) is 17.5. The van der Waals surface area contributed by atoms with Crippen LogP contribution >= 0.6 is 0 Å². The Bertz CT molecular complexity index is 768. The van der Waals surface area contributed by atoms with E-state index in [0.717, 1.165) is 18.8 Å². The number of hydrogen-bond donors (Lipinski definition) is 1. The van der Waals surface area contributed by atoms with Crippen LogP contribution in [0.25, 0.3) is 0 Å². The van der Waals surface area contributed by atoms with Crippen molar-refractivity contribution in [2.45, 2.75) is 38.1 Å². The van der Waals surface area contributed by atoms with Crippen LogP contribution in [-0.4, -0.2) is 69.6 Å². The van der Waals surface area contributed by atoms with Crippen LogP contribution in [0.4, 0.5) is 0 Å². The van der Waals surface area contributed by atoms with Crippen LogP contribution in [0, 0.1) is 5.92 Å². The van der Waals surface area contributed by atoms with Gasteiger partial charge < -0.3 is 10.1 Å². The van der Waals surface area contributed by atoms with Crippen molar-refractivity contribution in [3.05, 3.63) is 29.8 Å². The van der Waals surface area contributed by atoms with Crippen molar-refractivity contribution in [3.8, 4) is 5.75 Å².